The summed E-state index contributed by atoms with van der Waals surface area (Å²) in [7, 11) is 1.41. The van der Waals surface area contributed by atoms with Crippen molar-refractivity contribution in [2.24, 2.45) is 0 Å². The Kier molecular flexibility index (Phi) is 3.50. The number of rotatable bonds is 4. The molecule has 0 fully saturated rings. The average molecular weight is 254 g/mol. The Balaban J connectivity index is 2.14. The molecule has 0 unspecified atom stereocenters. The van der Waals surface area contributed by atoms with E-state index in [2.05, 4.69) is 9.72 Å². The van der Waals surface area contributed by atoms with Gasteiger partial charge in [0.1, 0.15) is 13.2 Å². The first-order valence-electron chi connectivity index (χ1n) is 4.81. The van der Waals surface area contributed by atoms with E-state index in [0.29, 0.717) is 10.7 Å². The predicted molar refractivity (Wildman–Crippen MR) is 61.0 cm³/mol. The molecule has 0 saturated carbocycles. The second kappa shape index (κ2) is 5.07. The summed E-state index contributed by atoms with van der Waals surface area (Å²) in [4.78, 5) is 27.4. The first-order valence-corrected chi connectivity index (χ1v) is 5.69. The van der Waals surface area contributed by atoms with E-state index in [4.69, 9.17) is 4.74 Å². The van der Waals surface area contributed by atoms with Crippen molar-refractivity contribution in [3.63, 3.8) is 0 Å². The number of carbonyl (C=O) groups excluding carboxylic acids is 1. The van der Waals surface area contributed by atoms with Gasteiger partial charge in [-0.05, 0) is 0 Å². The van der Waals surface area contributed by atoms with Crippen molar-refractivity contribution in [1.82, 2.24) is 9.38 Å². The lowest BCUT2D eigenvalue weighted by atomic mass is 10.4. The second-order valence-electron chi connectivity index (χ2n) is 3.23. The van der Waals surface area contributed by atoms with Gasteiger partial charge in [0.25, 0.3) is 5.56 Å². The third kappa shape index (κ3) is 2.69. The number of aromatic nitrogens is 2. The molecule has 0 N–H and O–H groups in total. The van der Waals surface area contributed by atoms with Crippen molar-refractivity contribution >= 4 is 22.3 Å². The van der Waals surface area contributed by atoms with Crippen LogP contribution in [0.15, 0.2) is 22.4 Å². The van der Waals surface area contributed by atoms with Crippen LogP contribution in [0.25, 0.3) is 4.96 Å². The van der Waals surface area contributed by atoms with Gasteiger partial charge < -0.3 is 9.47 Å². The van der Waals surface area contributed by atoms with E-state index in [1.807, 2.05) is 0 Å². The van der Waals surface area contributed by atoms with Crippen LogP contribution in [0.2, 0.25) is 0 Å². The molecule has 0 aliphatic carbocycles. The molecule has 2 heterocycles. The molecular weight excluding hydrogens is 244 g/mol. The van der Waals surface area contributed by atoms with Crippen LogP contribution >= 0.6 is 11.3 Å². The zero-order chi connectivity index (χ0) is 12.3. The maximum atomic E-state index is 11.6. The van der Waals surface area contributed by atoms with Gasteiger partial charge in [-0.2, -0.15) is 0 Å². The van der Waals surface area contributed by atoms with Crippen molar-refractivity contribution in [3.8, 4) is 0 Å². The molecule has 7 heteroatoms. The van der Waals surface area contributed by atoms with E-state index in [1.54, 1.807) is 11.6 Å². The molecule has 0 aliphatic rings. The maximum Gasteiger partial charge on any atom is 0.332 e. The monoisotopic (exact) mass is 254 g/mol. The Bertz CT molecular complexity index is 589. The molecule has 0 radical (unpaired) electrons. The molecule has 0 bridgehead atoms. The van der Waals surface area contributed by atoms with Crippen LogP contribution in [0.4, 0.5) is 0 Å². The summed E-state index contributed by atoms with van der Waals surface area (Å²) in [5, 5.41) is 1.77. The Labute approximate surface area is 100 Å². The molecule has 0 amide bonds. The van der Waals surface area contributed by atoms with Gasteiger partial charge in [-0.1, -0.05) is 0 Å². The molecule has 2 aromatic rings. The molecule has 2 aromatic heterocycles. The SMILES string of the molecule is COCC(=O)OCc1cc(=O)n2ccsc2n1. The number of hydrogen-bond donors (Lipinski definition) is 0. The van der Waals surface area contributed by atoms with Crippen molar-refractivity contribution in [2.75, 3.05) is 13.7 Å². The number of esters is 1. The van der Waals surface area contributed by atoms with Gasteiger partial charge in [-0.3, -0.25) is 9.20 Å². The highest BCUT2D eigenvalue weighted by atomic mass is 32.1. The minimum atomic E-state index is -0.485. The second-order valence-corrected chi connectivity index (χ2v) is 4.11. The van der Waals surface area contributed by atoms with Gasteiger partial charge >= 0.3 is 5.97 Å². The third-order valence-corrected chi connectivity index (χ3v) is 2.76. The Morgan fingerprint density at radius 3 is 3.18 bits per heavy atom. The Hall–Kier alpha value is -1.73. The molecule has 0 spiro atoms. The van der Waals surface area contributed by atoms with Gasteiger partial charge in [0.05, 0.1) is 5.69 Å². The number of nitrogens with zero attached hydrogens (tertiary/aromatic N) is 2. The number of fused-ring (bicyclic) bond motifs is 1. The van der Waals surface area contributed by atoms with E-state index >= 15 is 0 Å². The lowest BCUT2D eigenvalue weighted by molar-refractivity contribution is -0.149. The third-order valence-electron chi connectivity index (χ3n) is 2.00. The fraction of sp³-hybridized carbons (Fsp3) is 0.300. The highest BCUT2D eigenvalue weighted by Crippen LogP contribution is 2.07. The largest absolute Gasteiger partial charge is 0.457 e. The molecule has 2 rings (SSSR count). The van der Waals surface area contributed by atoms with Crippen LogP contribution in [-0.2, 0) is 20.9 Å². The molecule has 0 aromatic carbocycles. The van der Waals surface area contributed by atoms with E-state index < -0.39 is 5.97 Å². The summed E-state index contributed by atoms with van der Waals surface area (Å²) >= 11 is 1.35. The molecule has 6 nitrogen and oxygen atoms in total. The summed E-state index contributed by atoms with van der Waals surface area (Å²) in [5.41, 5.74) is 0.246. The predicted octanol–water partition coefficient (Wildman–Crippen LogP) is 0.446. The number of hydrogen-bond acceptors (Lipinski definition) is 6. The topological polar surface area (TPSA) is 69.9 Å². The van der Waals surface area contributed by atoms with Crippen LogP contribution in [0, 0.1) is 0 Å². The quantitative estimate of drug-likeness (QED) is 0.741. The van der Waals surface area contributed by atoms with Crippen LogP contribution in [0.1, 0.15) is 5.69 Å². The molecule has 0 atom stereocenters. The smallest absolute Gasteiger partial charge is 0.332 e. The van der Waals surface area contributed by atoms with E-state index in [1.165, 1.54) is 28.9 Å². The molecular formula is C10H10N2O4S. The van der Waals surface area contributed by atoms with Crippen molar-refractivity contribution in [2.45, 2.75) is 6.61 Å². The molecule has 0 saturated heterocycles. The lowest BCUT2D eigenvalue weighted by Gasteiger charge is -2.03. The summed E-state index contributed by atoms with van der Waals surface area (Å²) in [5.74, 6) is -0.485. The van der Waals surface area contributed by atoms with Gasteiger partial charge in [-0.25, -0.2) is 9.78 Å². The van der Waals surface area contributed by atoms with E-state index in [0.717, 1.165) is 0 Å². The summed E-state index contributed by atoms with van der Waals surface area (Å²) in [6, 6.07) is 1.35. The van der Waals surface area contributed by atoms with Gasteiger partial charge in [0.2, 0.25) is 0 Å². The van der Waals surface area contributed by atoms with E-state index in [9.17, 15) is 9.59 Å². The normalized spacial score (nSPS) is 10.6. The number of ether oxygens (including phenoxy) is 2. The summed E-state index contributed by atoms with van der Waals surface area (Å²) in [6.45, 7) is -0.133. The number of thiazole rings is 1. The van der Waals surface area contributed by atoms with Crippen LogP contribution in [0.5, 0.6) is 0 Å². The zero-order valence-corrected chi connectivity index (χ0v) is 9.90. The first-order chi connectivity index (χ1) is 8.20. The summed E-state index contributed by atoms with van der Waals surface area (Å²) < 4.78 is 10.9. The average Bonchev–Trinajstić information content (AvgIpc) is 2.75. The number of carbonyl (C=O) groups is 1. The maximum absolute atomic E-state index is 11.6. The lowest BCUT2D eigenvalue weighted by Crippen LogP contribution is -2.16. The van der Waals surface area contributed by atoms with Crippen LogP contribution in [0.3, 0.4) is 0 Å². The van der Waals surface area contributed by atoms with E-state index in [-0.39, 0.29) is 18.8 Å². The first kappa shape index (κ1) is 11.7. The van der Waals surface area contributed by atoms with Gasteiger partial charge in [-0.15, -0.1) is 11.3 Å². The number of methoxy groups -OCH3 is 1. The standard InChI is InChI=1S/C10H10N2O4S/c1-15-6-9(14)16-5-7-4-8(13)12-2-3-17-10(12)11-7/h2-4H,5-6H2,1H3. The summed E-state index contributed by atoms with van der Waals surface area (Å²) in [6.07, 6.45) is 1.65. The zero-order valence-electron chi connectivity index (χ0n) is 9.08. The fourth-order valence-corrected chi connectivity index (χ4v) is 2.01. The van der Waals surface area contributed by atoms with Crippen molar-refractivity contribution < 1.29 is 14.3 Å². The van der Waals surface area contributed by atoms with Crippen molar-refractivity contribution in [3.05, 3.63) is 33.7 Å². The Morgan fingerprint density at radius 2 is 2.41 bits per heavy atom. The van der Waals surface area contributed by atoms with Crippen LogP contribution in [-0.4, -0.2) is 29.1 Å². The highest BCUT2D eigenvalue weighted by molar-refractivity contribution is 7.15. The Morgan fingerprint density at radius 1 is 1.59 bits per heavy atom. The minimum absolute atomic E-state index is 0.0220. The van der Waals surface area contributed by atoms with Crippen LogP contribution < -0.4 is 5.56 Å². The highest BCUT2D eigenvalue weighted by Gasteiger charge is 2.06. The van der Waals surface area contributed by atoms with Gasteiger partial charge in [0.15, 0.2) is 4.96 Å². The fourth-order valence-electron chi connectivity index (χ4n) is 1.28. The minimum Gasteiger partial charge on any atom is -0.457 e. The van der Waals surface area contributed by atoms with Crippen molar-refractivity contribution in [1.29, 1.82) is 0 Å². The molecule has 17 heavy (non-hydrogen) atoms. The van der Waals surface area contributed by atoms with Gasteiger partial charge in [0, 0.05) is 24.8 Å². The molecule has 0 aliphatic heterocycles. The molecule has 90 valence electrons.